The molecule has 0 saturated carbocycles. The summed E-state index contributed by atoms with van der Waals surface area (Å²) in [5.74, 6) is 0.0518. The van der Waals surface area contributed by atoms with Crippen LogP contribution in [0.15, 0.2) is 59.5 Å². The number of carbonyl (C=O) groups is 1. The van der Waals surface area contributed by atoms with Crippen LogP contribution in [0.3, 0.4) is 0 Å². The van der Waals surface area contributed by atoms with Crippen molar-refractivity contribution < 1.29 is 4.79 Å². The van der Waals surface area contributed by atoms with Gasteiger partial charge in [0.25, 0.3) is 0 Å². The molecule has 2 aromatic rings. The molecule has 0 spiro atoms. The number of ketones is 1. The highest BCUT2D eigenvalue weighted by Crippen LogP contribution is 2.16. The number of hydrogen-bond donors (Lipinski definition) is 0. The van der Waals surface area contributed by atoms with Gasteiger partial charge in [-0.1, -0.05) is 55.8 Å². The predicted octanol–water partition coefficient (Wildman–Crippen LogP) is 5.65. The topological polar surface area (TPSA) is 17.1 Å². The first-order chi connectivity index (χ1) is 10.7. The molecule has 0 N–H and O–H groups in total. The fourth-order valence-corrected chi connectivity index (χ4v) is 2.61. The zero-order valence-corrected chi connectivity index (χ0v) is 14.0. The maximum absolute atomic E-state index is 12.2. The van der Waals surface area contributed by atoms with Crippen molar-refractivity contribution >= 4 is 23.6 Å². The van der Waals surface area contributed by atoms with Gasteiger partial charge < -0.3 is 0 Å². The van der Waals surface area contributed by atoms with Crippen LogP contribution in [-0.4, -0.2) is 12.0 Å². The lowest BCUT2D eigenvalue weighted by Gasteiger charge is -2.01. The number of unbranched alkanes of at least 4 members (excludes halogenated alkanes) is 1. The SMILES string of the molecule is CCCCc1ccc(C(=O)/C=C/c2ccc(SC)cc2)cc1. The van der Waals surface area contributed by atoms with Gasteiger partial charge in [-0.2, -0.15) is 0 Å². The smallest absolute Gasteiger partial charge is 0.185 e. The molecule has 0 fully saturated rings. The van der Waals surface area contributed by atoms with Gasteiger partial charge in [-0.25, -0.2) is 0 Å². The lowest BCUT2D eigenvalue weighted by molar-refractivity contribution is 0.104. The Morgan fingerprint density at radius 1 is 1.05 bits per heavy atom. The Morgan fingerprint density at radius 3 is 2.32 bits per heavy atom. The Labute approximate surface area is 137 Å². The molecule has 0 aliphatic carbocycles. The normalized spacial score (nSPS) is 11.0. The fourth-order valence-electron chi connectivity index (χ4n) is 2.20. The van der Waals surface area contributed by atoms with Crippen molar-refractivity contribution in [3.05, 3.63) is 71.3 Å². The summed E-state index contributed by atoms with van der Waals surface area (Å²) < 4.78 is 0. The van der Waals surface area contributed by atoms with E-state index in [-0.39, 0.29) is 5.78 Å². The Morgan fingerprint density at radius 2 is 1.73 bits per heavy atom. The molecular formula is C20H22OS. The van der Waals surface area contributed by atoms with E-state index >= 15 is 0 Å². The maximum atomic E-state index is 12.2. The van der Waals surface area contributed by atoms with E-state index in [0.717, 1.165) is 17.5 Å². The van der Waals surface area contributed by atoms with Crippen LogP contribution in [0, 0.1) is 0 Å². The summed E-state index contributed by atoms with van der Waals surface area (Å²) in [6.07, 6.45) is 9.05. The summed E-state index contributed by atoms with van der Waals surface area (Å²) in [6.45, 7) is 2.19. The van der Waals surface area contributed by atoms with Crippen LogP contribution in [0.2, 0.25) is 0 Å². The third-order valence-corrected chi connectivity index (χ3v) is 4.34. The number of rotatable bonds is 7. The monoisotopic (exact) mass is 310 g/mol. The van der Waals surface area contributed by atoms with E-state index in [1.165, 1.54) is 23.3 Å². The molecule has 0 amide bonds. The molecule has 22 heavy (non-hydrogen) atoms. The van der Waals surface area contributed by atoms with Crippen molar-refractivity contribution in [1.82, 2.24) is 0 Å². The first-order valence-electron chi connectivity index (χ1n) is 7.68. The van der Waals surface area contributed by atoms with E-state index < -0.39 is 0 Å². The van der Waals surface area contributed by atoms with Gasteiger partial charge in [-0.3, -0.25) is 4.79 Å². The lowest BCUT2D eigenvalue weighted by Crippen LogP contribution is -1.95. The van der Waals surface area contributed by atoms with E-state index in [1.807, 2.05) is 30.3 Å². The Kier molecular flexibility index (Phi) is 6.47. The lowest BCUT2D eigenvalue weighted by atomic mass is 10.0. The second kappa shape index (κ2) is 8.60. The van der Waals surface area contributed by atoms with Crippen molar-refractivity contribution in [1.29, 1.82) is 0 Å². The van der Waals surface area contributed by atoms with Crippen LogP contribution in [0.5, 0.6) is 0 Å². The van der Waals surface area contributed by atoms with Crippen LogP contribution in [-0.2, 0) is 6.42 Å². The van der Waals surface area contributed by atoms with E-state index in [1.54, 1.807) is 17.8 Å². The highest BCUT2D eigenvalue weighted by Gasteiger charge is 2.02. The van der Waals surface area contributed by atoms with Crippen LogP contribution in [0.25, 0.3) is 6.08 Å². The molecule has 2 aromatic carbocycles. The minimum atomic E-state index is 0.0518. The van der Waals surface area contributed by atoms with Gasteiger partial charge in [0, 0.05) is 10.5 Å². The summed E-state index contributed by atoms with van der Waals surface area (Å²) >= 11 is 1.71. The summed E-state index contributed by atoms with van der Waals surface area (Å²) in [5, 5.41) is 0. The van der Waals surface area contributed by atoms with Gasteiger partial charge in [0.05, 0.1) is 0 Å². The summed E-state index contributed by atoms with van der Waals surface area (Å²) in [6, 6.07) is 16.2. The molecule has 0 radical (unpaired) electrons. The number of carbonyl (C=O) groups excluding carboxylic acids is 1. The standard InChI is InChI=1S/C20H22OS/c1-3-4-5-16-6-11-18(12-7-16)20(21)15-10-17-8-13-19(22-2)14-9-17/h6-15H,3-5H2,1-2H3/b15-10+. The average Bonchev–Trinajstić information content (AvgIpc) is 2.58. The molecule has 0 atom stereocenters. The maximum Gasteiger partial charge on any atom is 0.185 e. The van der Waals surface area contributed by atoms with Crippen LogP contribution < -0.4 is 0 Å². The molecule has 0 aliphatic heterocycles. The second-order valence-corrected chi connectivity index (χ2v) is 6.15. The van der Waals surface area contributed by atoms with E-state index in [4.69, 9.17) is 0 Å². The molecule has 0 aromatic heterocycles. The molecule has 2 heteroatoms. The van der Waals surface area contributed by atoms with Crippen molar-refractivity contribution in [3.63, 3.8) is 0 Å². The molecule has 0 unspecified atom stereocenters. The van der Waals surface area contributed by atoms with Crippen molar-refractivity contribution in [3.8, 4) is 0 Å². The zero-order chi connectivity index (χ0) is 15.8. The minimum Gasteiger partial charge on any atom is -0.289 e. The first kappa shape index (κ1) is 16.6. The first-order valence-corrected chi connectivity index (χ1v) is 8.91. The summed E-state index contributed by atoms with van der Waals surface area (Å²) in [7, 11) is 0. The van der Waals surface area contributed by atoms with Gasteiger partial charge in [0.1, 0.15) is 0 Å². The van der Waals surface area contributed by atoms with Crippen molar-refractivity contribution in [2.45, 2.75) is 31.1 Å². The quantitative estimate of drug-likeness (QED) is 0.373. The molecule has 0 aliphatic rings. The molecule has 0 saturated heterocycles. The van der Waals surface area contributed by atoms with Gasteiger partial charge in [-0.15, -0.1) is 11.8 Å². The fraction of sp³-hybridized carbons (Fsp3) is 0.250. The van der Waals surface area contributed by atoms with Crippen molar-refractivity contribution in [2.75, 3.05) is 6.26 Å². The third kappa shape index (κ3) is 4.88. The molecule has 0 heterocycles. The number of aryl methyl sites for hydroxylation is 1. The highest BCUT2D eigenvalue weighted by molar-refractivity contribution is 7.98. The zero-order valence-electron chi connectivity index (χ0n) is 13.2. The molecule has 114 valence electrons. The van der Waals surface area contributed by atoms with Gasteiger partial charge in [0.15, 0.2) is 5.78 Å². The van der Waals surface area contributed by atoms with Crippen LogP contribution in [0.1, 0.15) is 41.3 Å². The number of benzene rings is 2. The van der Waals surface area contributed by atoms with Gasteiger partial charge in [-0.05, 0) is 48.4 Å². The third-order valence-electron chi connectivity index (χ3n) is 3.60. The van der Waals surface area contributed by atoms with Crippen molar-refractivity contribution in [2.24, 2.45) is 0 Å². The highest BCUT2D eigenvalue weighted by atomic mass is 32.2. The Hall–Kier alpha value is -1.80. The largest absolute Gasteiger partial charge is 0.289 e. The van der Waals surface area contributed by atoms with E-state index in [9.17, 15) is 4.79 Å². The molecule has 0 bridgehead atoms. The Balaban J connectivity index is 1.99. The average molecular weight is 310 g/mol. The number of thioether (sulfide) groups is 1. The summed E-state index contributed by atoms with van der Waals surface area (Å²) in [5.41, 5.74) is 3.10. The molecular weight excluding hydrogens is 288 g/mol. The molecule has 2 rings (SSSR count). The second-order valence-electron chi connectivity index (χ2n) is 5.27. The molecule has 1 nitrogen and oxygen atoms in total. The predicted molar refractivity (Wildman–Crippen MR) is 96.6 cm³/mol. The number of allylic oxidation sites excluding steroid dienone is 1. The van der Waals surface area contributed by atoms with Gasteiger partial charge >= 0.3 is 0 Å². The Bertz CT molecular complexity index is 624. The van der Waals surface area contributed by atoms with E-state index in [2.05, 4.69) is 37.4 Å². The van der Waals surface area contributed by atoms with E-state index in [0.29, 0.717) is 0 Å². The van der Waals surface area contributed by atoms with Crippen LogP contribution >= 0.6 is 11.8 Å². The van der Waals surface area contributed by atoms with Gasteiger partial charge in [0.2, 0.25) is 0 Å². The minimum absolute atomic E-state index is 0.0518. The summed E-state index contributed by atoms with van der Waals surface area (Å²) in [4.78, 5) is 13.4. The number of hydrogen-bond acceptors (Lipinski definition) is 2. The van der Waals surface area contributed by atoms with Crippen LogP contribution in [0.4, 0.5) is 0 Å².